The van der Waals surface area contributed by atoms with E-state index in [1.807, 2.05) is 6.92 Å². The lowest BCUT2D eigenvalue weighted by atomic mass is 10.2. The molecular weight excluding hydrogens is 441 g/mol. The molecule has 2 aromatic carbocycles. The third-order valence-corrected chi connectivity index (χ3v) is 4.29. The number of non-ortho nitro benzene ring substituents is 1. The second kappa shape index (κ2) is 10.4. The Morgan fingerprint density at radius 3 is 2.45 bits per heavy atom. The molecule has 33 heavy (non-hydrogen) atoms. The summed E-state index contributed by atoms with van der Waals surface area (Å²) in [7, 11) is 0. The quantitative estimate of drug-likeness (QED) is 0.260. The van der Waals surface area contributed by atoms with E-state index in [4.69, 9.17) is 9.47 Å². The van der Waals surface area contributed by atoms with Crippen LogP contribution in [0.1, 0.15) is 23.6 Å². The van der Waals surface area contributed by atoms with Crippen molar-refractivity contribution in [1.29, 1.82) is 0 Å². The highest BCUT2D eigenvalue weighted by molar-refractivity contribution is 5.81. The van der Waals surface area contributed by atoms with E-state index in [0.29, 0.717) is 23.7 Å². The molecule has 0 aliphatic rings. The standard InChI is InChI=1S/C22H19F3N4O4/c1-2-32-20-11-16(12-27-28-21-10-6-17(13-26-21)22(23,24)25)5-9-19(20)33-14-15-3-7-18(8-4-15)29(30)31/h3-13H,2,14H2,1H3,(H,26,28)/b27-12-. The van der Waals surface area contributed by atoms with Crippen LogP contribution in [0, 0.1) is 10.1 Å². The van der Waals surface area contributed by atoms with Crippen LogP contribution in [0.2, 0.25) is 0 Å². The molecule has 0 atom stereocenters. The third kappa shape index (κ3) is 6.66. The van der Waals surface area contributed by atoms with Gasteiger partial charge in [-0.25, -0.2) is 4.98 Å². The molecule has 0 fully saturated rings. The topological polar surface area (TPSA) is 98.9 Å². The molecule has 0 unspecified atom stereocenters. The van der Waals surface area contributed by atoms with Gasteiger partial charge < -0.3 is 9.47 Å². The van der Waals surface area contributed by atoms with Gasteiger partial charge in [-0.15, -0.1) is 0 Å². The average molecular weight is 460 g/mol. The van der Waals surface area contributed by atoms with Crippen molar-refractivity contribution in [1.82, 2.24) is 4.98 Å². The van der Waals surface area contributed by atoms with Crippen LogP contribution < -0.4 is 14.9 Å². The molecule has 0 bridgehead atoms. The van der Waals surface area contributed by atoms with Crippen LogP contribution in [0.15, 0.2) is 65.9 Å². The SMILES string of the molecule is CCOc1cc(/C=N\Nc2ccc(C(F)(F)F)cn2)ccc1OCc1ccc([N+](=O)[O-])cc1. The predicted molar refractivity (Wildman–Crippen MR) is 115 cm³/mol. The summed E-state index contributed by atoms with van der Waals surface area (Å²) >= 11 is 0. The summed E-state index contributed by atoms with van der Waals surface area (Å²) in [6, 6.07) is 13.2. The molecule has 172 valence electrons. The number of hydrogen-bond donors (Lipinski definition) is 1. The van der Waals surface area contributed by atoms with Crippen molar-refractivity contribution < 1.29 is 27.6 Å². The number of rotatable bonds is 9. The summed E-state index contributed by atoms with van der Waals surface area (Å²) in [6.07, 6.45) is -2.27. The first-order valence-electron chi connectivity index (χ1n) is 9.71. The van der Waals surface area contributed by atoms with Crippen LogP contribution in [0.25, 0.3) is 0 Å². The monoisotopic (exact) mass is 460 g/mol. The van der Waals surface area contributed by atoms with E-state index < -0.39 is 16.7 Å². The largest absolute Gasteiger partial charge is 0.490 e. The minimum Gasteiger partial charge on any atom is -0.490 e. The van der Waals surface area contributed by atoms with Gasteiger partial charge in [0, 0.05) is 18.3 Å². The van der Waals surface area contributed by atoms with Crippen LogP contribution >= 0.6 is 0 Å². The fraction of sp³-hybridized carbons (Fsp3) is 0.182. The van der Waals surface area contributed by atoms with E-state index in [0.717, 1.165) is 17.8 Å². The molecule has 0 saturated carbocycles. The van der Waals surface area contributed by atoms with Crippen molar-refractivity contribution in [2.24, 2.45) is 5.10 Å². The molecule has 8 nitrogen and oxygen atoms in total. The van der Waals surface area contributed by atoms with Crippen molar-refractivity contribution in [3.8, 4) is 11.5 Å². The number of hydrazone groups is 1. The highest BCUT2D eigenvalue weighted by atomic mass is 19.4. The molecule has 0 aliphatic heterocycles. The van der Waals surface area contributed by atoms with Gasteiger partial charge in [-0.05, 0) is 60.5 Å². The number of pyridine rings is 1. The second-order valence-electron chi connectivity index (χ2n) is 6.65. The fourth-order valence-electron chi connectivity index (χ4n) is 2.67. The van der Waals surface area contributed by atoms with Gasteiger partial charge in [0.15, 0.2) is 11.5 Å². The molecule has 11 heteroatoms. The first-order chi connectivity index (χ1) is 15.8. The number of ether oxygens (including phenoxy) is 2. The smallest absolute Gasteiger partial charge is 0.417 e. The molecule has 0 radical (unpaired) electrons. The van der Waals surface area contributed by atoms with Crippen LogP contribution in [0.4, 0.5) is 24.7 Å². The zero-order valence-corrected chi connectivity index (χ0v) is 17.4. The molecule has 1 N–H and O–H groups in total. The fourth-order valence-corrected chi connectivity index (χ4v) is 2.67. The highest BCUT2D eigenvalue weighted by Gasteiger charge is 2.30. The van der Waals surface area contributed by atoms with E-state index >= 15 is 0 Å². The molecule has 3 aromatic rings. The maximum Gasteiger partial charge on any atom is 0.417 e. The van der Waals surface area contributed by atoms with Gasteiger partial charge in [-0.2, -0.15) is 18.3 Å². The van der Waals surface area contributed by atoms with Gasteiger partial charge in [0.2, 0.25) is 0 Å². The zero-order chi connectivity index (χ0) is 23.8. The molecule has 1 heterocycles. The van der Waals surface area contributed by atoms with E-state index in [1.54, 1.807) is 30.3 Å². The van der Waals surface area contributed by atoms with Crippen molar-refractivity contribution in [3.05, 3.63) is 87.6 Å². The van der Waals surface area contributed by atoms with Crippen LogP contribution in [-0.2, 0) is 12.8 Å². The number of alkyl halides is 3. The Balaban J connectivity index is 1.64. The first kappa shape index (κ1) is 23.5. The van der Waals surface area contributed by atoms with Gasteiger partial charge in [-0.1, -0.05) is 0 Å². The summed E-state index contributed by atoms with van der Waals surface area (Å²) < 4.78 is 49.2. The van der Waals surface area contributed by atoms with Gasteiger partial charge in [0.1, 0.15) is 12.4 Å². The summed E-state index contributed by atoms with van der Waals surface area (Å²) in [4.78, 5) is 14.0. The number of nitro groups is 1. The van der Waals surface area contributed by atoms with Gasteiger partial charge in [0.05, 0.1) is 23.3 Å². The van der Waals surface area contributed by atoms with E-state index in [1.165, 1.54) is 24.4 Å². The maximum atomic E-state index is 12.6. The van der Waals surface area contributed by atoms with E-state index in [9.17, 15) is 23.3 Å². The average Bonchev–Trinajstić information content (AvgIpc) is 2.79. The number of nitrogens with one attached hydrogen (secondary N) is 1. The zero-order valence-electron chi connectivity index (χ0n) is 17.4. The van der Waals surface area contributed by atoms with Crippen molar-refractivity contribution in [2.75, 3.05) is 12.0 Å². The summed E-state index contributed by atoms with van der Waals surface area (Å²) in [6.45, 7) is 2.40. The number of nitro benzene ring substituents is 1. The van der Waals surface area contributed by atoms with Crippen LogP contribution in [0.5, 0.6) is 11.5 Å². The molecule has 0 spiro atoms. The van der Waals surface area contributed by atoms with Gasteiger partial charge in [0.25, 0.3) is 5.69 Å². The van der Waals surface area contributed by atoms with Crippen molar-refractivity contribution >= 4 is 17.7 Å². The van der Waals surface area contributed by atoms with Gasteiger partial charge >= 0.3 is 6.18 Å². The minimum atomic E-state index is -4.45. The Morgan fingerprint density at radius 1 is 1.09 bits per heavy atom. The van der Waals surface area contributed by atoms with E-state index in [2.05, 4.69) is 15.5 Å². The lowest BCUT2D eigenvalue weighted by molar-refractivity contribution is -0.384. The molecular formula is C22H19F3N4O4. The van der Waals surface area contributed by atoms with Gasteiger partial charge in [-0.3, -0.25) is 15.5 Å². The van der Waals surface area contributed by atoms with Crippen molar-refractivity contribution in [3.63, 3.8) is 0 Å². The number of hydrogen-bond acceptors (Lipinski definition) is 7. The van der Waals surface area contributed by atoms with E-state index in [-0.39, 0.29) is 18.1 Å². The Labute approximate surface area is 186 Å². The molecule has 1 aromatic heterocycles. The first-order valence-corrected chi connectivity index (χ1v) is 9.71. The number of aromatic nitrogens is 1. The number of anilines is 1. The molecule has 3 rings (SSSR count). The maximum absolute atomic E-state index is 12.6. The minimum absolute atomic E-state index is 0.00231. The lowest BCUT2D eigenvalue weighted by Crippen LogP contribution is -2.05. The highest BCUT2D eigenvalue weighted by Crippen LogP contribution is 2.30. The summed E-state index contributed by atoms with van der Waals surface area (Å²) in [5, 5.41) is 14.7. The predicted octanol–water partition coefficient (Wildman–Crippen LogP) is 5.43. The summed E-state index contributed by atoms with van der Waals surface area (Å²) in [5.74, 6) is 1.10. The molecule has 0 saturated heterocycles. The Morgan fingerprint density at radius 2 is 1.85 bits per heavy atom. The Bertz CT molecular complexity index is 1120. The third-order valence-electron chi connectivity index (χ3n) is 4.29. The van der Waals surface area contributed by atoms with Crippen molar-refractivity contribution in [2.45, 2.75) is 19.7 Å². The number of benzene rings is 2. The second-order valence-corrected chi connectivity index (χ2v) is 6.65. The normalized spacial score (nSPS) is 11.4. The van der Waals surface area contributed by atoms with Crippen LogP contribution in [-0.4, -0.2) is 22.7 Å². The molecule has 0 aliphatic carbocycles. The summed E-state index contributed by atoms with van der Waals surface area (Å²) in [5.41, 5.74) is 3.13. The number of nitrogens with zero attached hydrogens (tertiary/aromatic N) is 3. The van der Waals surface area contributed by atoms with Crippen LogP contribution in [0.3, 0.4) is 0 Å². The number of halogens is 3. The molecule has 0 amide bonds. The lowest BCUT2D eigenvalue weighted by Gasteiger charge is -2.12. The Hall–Kier alpha value is -4.15. The Kier molecular flexibility index (Phi) is 7.44.